The lowest BCUT2D eigenvalue weighted by Gasteiger charge is -2.26. The molecule has 0 saturated carbocycles. The average molecular weight is 252 g/mol. The summed E-state index contributed by atoms with van der Waals surface area (Å²) in [6.45, 7) is 8.80. The second kappa shape index (κ2) is 6.09. The first-order chi connectivity index (χ1) is 8.03. The van der Waals surface area contributed by atoms with Crippen LogP contribution in [0.15, 0.2) is 24.3 Å². The SMILES string of the molecule is CCO[Si](C)(OCC)c1ccc(C(C)=O)cc1. The molecule has 0 radical (unpaired) electrons. The van der Waals surface area contributed by atoms with E-state index < -0.39 is 8.56 Å². The highest BCUT2D eigenvalue weighted by Crippen LogP contribution is 2.09. The van der Waals surface area contributed by atoms with E-state index in [0.717, 1.165) is 10.8 Å². The first-order valence-corrected chi connectivity index (χ1v) is 8.24. The summed E-state index contributed by atoms with van der Waals surface area (Å²) in [7, 11) is -2.29. The summed E-state index contributed by atoms with van der Waals surface area (Å²) in [5.74, 6) is 0.0766. The van der Waals surface area contributed by atoms with E-state index in [0.29, 0.717) is 13.2 Å². The fourth-order valence-corrected chi connectivity index (χ4v) is 4.06. The van der Waals surface area contributed by atoms with E-state index in [1.807, 2.05) is 44.7 Å². The first-order valence-electron chi connectivity index (χ1n) is 5.93. The molecule has 0 bridgehead atoms. The Balaban J connectivity index is 2.98. The number of benzene rings is 1. The molecule has 1 rings (SSSR count). The van der Waals surface area contributed by atoms with Crippen molar-refractivity contribution in [1.82, 2.24) is 0 Å². The maximum absolute atomic E-state index is 11.2. The number of ketones is 1. The Hall–Kier alpha value is -0.973. The van der Waals surface area contributed by atoms with Crippen LogP contribution in [0.5, 0.6) is 0 Å². The van der Waals surface area contributed by atoms with E-state index in [9.17, 15) is 4.79 Å². The van der Waals surface area contributed by atoms with Gasteiger partial charge in [-0.05, 0) is 32.5 Å². The average Bonchev–Trinajstić information content (AvgIpc) is 2.30. The summed E-state index contributed by atoms with van der Waals surface area (Å²) in [6, 6.07) is 7.55. The molecule has 0 saturated heterocycles. The standard InChI is InChI=1S/C13H20O3Si/c1-5-15-17(4,16-6-2)13-9-7-12(8-10-13)11(3)14/h7-10H,5-6H2,1-4H3. The highest BCUT2D eigenvalue weighted by atomic mass is 28.4. The van der Waals surface area contributed by atoms with Crippen LogP contribution < -0.4 is 5.19 Å². The summed E-state index contributed by atoms with van der Waals surface area (Å²) in [6.07, 6.45) is 0. The van der Waals surface area contributed by atoms with Gasteiger partial charge in [0.25, 0.3) is 0 Å². The van der Waals surface area contributed by atoms with Crippen molar-refractivity contribution in [2.75, 3.05) is 13.2 Å². The molecular weight excluding hydrogens is 232 g/mol. The second-order valence-electron chi connectivity index (χ2n) is 3.95. The molecule has 94 valence electrons. The first kappa shape index (κ1) is 14.1. The molecular formula is C13H20O3Si. The Morgan fingerprint density at radius 3 is 1.94 bits per heavy atom. The number of hydrogen-bond donors (Lipinski definition) is 0. The van der Waals surface area contributed by atoms with Gasteiger partial charge in [0.1, 0.15) is 0 Å². The van der Waals surface area contributed by atoms with Crippen molar-refractivity contribution in [1.29, 1.82) is 0 Å². The van der Waals surface area contributed by atoms with Crippen molar-refractivity contribution >= 4 is 19.5 Å². The predicted octanol–water partition coefficient (Wildman–Crippen LogP) is 2.24. The van der Waals surface area contributed by atoms with Crippen LogP contribution in [0.4, 0.5) is 0 Å². The van der Waals surface area contributed by atoms with E-state index in [4.69, 9.17) is 8.85 Å². The lowest BCUT2D eigenvalue weighted by atomic mass is 10.2. The smallest absolute Gasteiger partial charge is 0.369 e. The van der Waals surface area contributed by atoms with E-state index in [-0.39, 0.29) is 5.78 Å². The molecule has 0 unspecified atom stereocenters. The van der Waals surface area contributed by atoms with Gasteiger partial charge in [-0.3, -0.25) is 4.79 Å². The molecule has 17 heavy (non-hydrogen) atoms. The van der Waals surface area contributed by atoms with Gasteiger partial charge in [0.05, 0.1) is 0 Å². The van der Waals surface area contributed by atoms with Crippen LogP contribution in [0.1, 0.15) is 31.1 Å². The Morgan fingerprint density at radius 1 is 1.12 bits per heavy atom. The zero-order chi connectivity index (χ0) is 12.9. The quantitative estimate of drug-likeness (QED) is 0.575. The molecule has 0 spiro atoms. The van der Waals surface area contributed by atoms with E-state index in [1.54, 1.807) is 6.92 Å². The molecule has 0 heterocycles. The van der Waals surface area contributed by atoms with Crippen LogP contribution in [-0.4, -0.2) is 27.6 Å². The minimum Gasteiger partial charge on any atom is -0.391 e. The zero-order valence-electron chi connectivity index (χ0n) is 10.9. The number of hydrogen-bond acceptors (Lipinski definition) is 3. The zero-order valence-corrected chi connectivity index (χ0v) is 11.9. The van der Waals surface area contributed by atoms with Gasteiger partial charge < -0.3 is 8.85 Å². The van der Waals surface area contributed by atoms with Crippen molar-refractivity contribution in [3.8, 4) is 0 Å². The lowest BCUT2D eigenvalue weighted by molar-refractivity contribution is 0.101. The van der Waals surface area contributed by atoms with Crippen LogP contribution in [0, 0.1) is 0 Å². The van der Waals surface area contributed by atoms with Crippen LogP contribution in [0.3, 0.4) is 0 Å². The van der Waals surface area contributed by atoms with Crippen molar-refractivity contribution < 1.29 is 13.6 Å². The highest BCUT2D eigenvalue weighted by Gasteiger charge is 2.33. The maximum atomic E-state index is 11.2. The summed E-state index contributed by atoms with van der Waals surface area (Å²) in [4.78, 5) is 11.2. The van der Waals surface area contributed by atoms with E-state index >= 15 is 0 Å². The molecule has 3 nitrogen and oxygen atoms in total. The summed E-state index contributed by atoms with van der Waals surface area (Å²) >= 11 is 0. The van der Waals surface area contributed by atoms with Crippen LogP contribution in [-0.2, 0) is 8.85 Å². The highest BCUT2D eigenvalue weighted by molar-refractivity contribution is 6.79. The minimum atomic E-state index is -2.29. The molecule has 0 aromatic heterocycles. The lowest BCUT2D eigenvalue weighted by Crippen LogP contribution is -2.51. The van der Waals surface area contributed by atoms with Crippen molar-refractivity contribution in [2.45, 2.75) is 27.3 Å². The molecule has 1 aromatic carbocycles. The topological polar surface area (TPSA) is 35.5 Å². The molecule has 0 atom stereocenters. The summed E-state index contributed by atoms with van der Waals surface area (Å²) < 4.78 is 11.6. The minimum absolute atomic E-state index is 0.0766. The molecule has 0 aliphatic carbocycles. The molecule has 0 N–H and O–H groups in total. The largest absolute Gasteiger partial charge is 0.391 e. The fraction of sp³-hybridized carbons (Fsp3) is 0.462. The predicted molar refractivity (Wildman–Crippen MR) is 71.0 cm³/mol. The van der Waals surface area contributed by atoms with Gasteiger partial charge in [0.2, 0.25) is 0 Å². The number of Topliss-reactive ketones (excluding diaryl/α,β-unsaturated/α-hetero) is 1. The van der Waals surface area contributed by atoms with Gasteiger partial charge in [0, 0.05) is 18.8 Å². The van der Waals surface area contributed by atoms with Crippen molar-refractivity contribution in [3.05, 3.63) is 29.8 Å². The Morgan fingerprint density at radius 2 is 1.59 bits per heavy atom. The fourth-order valence-electron chi connectivity index (χ4n) is 1.77. The third-order valence-electron chi connectivity index (χ3n) is 2.66. The Kier molecular flexibility index (Phi) is 5.05. The molecule has 1 aromatic rings. The number of carbonyl (C=O) groups excluding carboxylic acids is 1. The van der Waals surface area contributed by atoms with Gasteiger partial charge in [-0.15, -0.1) is 0 Å². The van der Waals surface area contributed by atoms with Crippen molar-refractivity contribution in [3.63, 3.8) is 0 Å². The maximum Gasteiger partial charge on any atom is 0.369 e. The normalized spacial score (nSPS) is 11.5. The Labute approximate surface area is 104 Å². The number of rotatable bonds is 6. The summed E-state index contributed by atoms with van der Waals surface area (Å²) in [5, 5.41) is 1.06. The van der Waals surface area contributed by atoms with Gasteiger partial charge in [-0.1, -0.05) is 24.3 Å². The monoisotopic (exact) mass is 252 g/mol. The summed E-state index contributed by atoms with van der Waals surface area (Å²) in [5.41, 5.74) is 0.720. The third-order valence-corrected chi connectivity index (χ3v) is 5.72. The van der Waals surface area contributed by atoms with Gasteiger partial charge >= 0.3 is 8.56 Å². The molecule has 0 aliphatic heterocycles. The van der Waals surface area contributed by atoms with E-state index in [1.165, 1.54) is 0 Å². The third kappa shape index (κ3) is 3.49. The van der Waals surface area contributed by atoms with Gasteiger partial charge in [0.15, 0.2) is 5.78 Å². The molecule has 0 fully saturated rings. The molecule has 4 heteroatoms. The van der Waals surface area contributed by atoms with Crippen molar-refractivity contribution in [2.24, 2.45) is 0 Å². The van der Waals surface area contributed by atoms with Crippen LogP contribution in [0.2, 0.25) is 6.55 Å². The van der Waals surface area contributed by atoms with Crippen LogP contribution in [0.25, 0.3) is 0 Å². The second-order valence-corrected chi connectivity index (χ2v) is 6.99. The molecule has 0 aliphatic rings. The van der Waals surface area contributed by atoms with Gasteiger partial charge in [-0.25, -0.2) is 0 Å². The van der Waals surface area contributed by atoms with E-state index in [2.05, 4.69) is 0 Å². The number of carbonyl (C=O) groups is 1. The Bertz CT molecular complexity index is 367. The van der Waals surface area contributed by atoms with Crippen LogP contribution >= 0.6 is 0 Å². The molecule has 0 amide bonds. The van der Waals surface area contributed by atoms with Gasteiger partial charge in [-0.2, -0.15) is 0 Å².